The van der Waals surface area contributed by atoms with E-state index in [1.165, 1.54) is 6.92 Å². The molecule has 0 aliphatic heterocycles. The van der Waals surface area contributed by atoms with Crippen molar-refractivity contribution < 1.29 is 14.3 Å². The van der Waals surface area contributed by atoms with Crippen LogP contribution in [0.3, 0.4) is 0 Å². The topological polar surface area (TPSA) is 58.6 Å². The highest BCUT2D eigenvalue weighted by molar-refractivity contribution is 5.95. The quantitative estimate of drug-likeness (QED) is 0.875. The third kappa shape index (κ3) is 4.48. The van der Waals surface area contributed by atoms with E-state index in [1.54, 1.807) is 11.0 Å². The van der Waals surface area contributed by atoms with Crippen molar-refractivity contribution in [3.8, 4) is 5.75 Å². The molecule has 1 fully saturated rings. The maximum atomic E-state index is 12.1. The molecule has 1 aliphatic rings. The van der Waals surface area contributed by atoms with E-state index in [-0.39, 0.29) is 30.5 Å². The number of benzene rings is 1. The number of carbonyl (C=O) groups is 2. The molecule has 0 spiro atoms. The second kappa shape index (κ2) is 6.61. The predicted octanol–water partition coefficient (Wildman–Crippen LogP) is 2.42. The van der Waals surface area contributed by atoms with Crippen LogP contribution in [0.4, 0.5) is 5.69 Å². The van der Waals surface area contributed by atoms with Gasteiger partial charge >= 0.3 is 0 Å². The summed E-state index contributed by atoms with van der Waals surface area (Å²) < 4.78 is 5.66. The Labute approximate surface area is 125 Å². The van der Waals surface area contributed by atoms with Crippen molar-refractivity contribution in [2.24, 2.45) is 0 Å². The van der Waals surface area contributed by atoms with E-state index in [2.05, 4.69) is 5.32 Å². The lowest BCUT2D eigenvalue weighted by molar-refractivity contribution is -0.133. The summed E-state index contributed by atoms with van der Waals surface area (Å²) in [6.07, 6.45) is 2.00. The van der Waals surface area contributed by atoms with Gasteiger partial charge in [-0.15, -0.1) is 0 Å². The maximum Gasteiger partial charge on any atom is 0.244 e. The minimum absolute atomic E-state index is 0.0308. The first-order valence-corrected chi connectivity index (χ1v) is 7.30. The number of para-hydroxylation sites is 2. The Hall–Kier alpha value is -2.04. The van der Waals surface area contributed by atoms with E-state index in [0.717, 1.165) is 12.8 Å². The second-order valence-electron chi connectivity index (χ2n) is 5.59. The van der Waals surface area contributed by atoms with E-state index >= 15 is 0 Å². The van der Waals surface area contributed by atoms with Crippen molar-refractivity contribution >= 4 is 17.5 Å². The van der Waals surface area contributed by atoms with Crippen molar-refractivity contribution in [2.75, 3.05) is 11.9 Å². The summed E-state index contributed by atoms with van der Waals surface area (Å²) in [5.41, 5.74) is 0.635. The normalized spacial score (nSPS) is 13.9. The molecule has 1 saturated carbocycles. The number of hydrogen-bond donors (Lipinski definition) is 1. The van der Waals surface area contributed by atoms with Crippen LogP contribution in [0.2, 0.25) is 0 Å². The van der Waals surface area contributed by atoms with Gasteiger partial charge in [-0.3, -0.25) is 9.59 Å². The Morgan fingerprint density at radius 2 is 2.00 bits per heavy atom. The van der Waals surface area contributed by atoms with Crippen molar-refractivity contribution in [1.82, 2.24) is 4.90 Å². The first-order chi connectivity index (χ1) is 9.97. The molecular weight excluding hydrogens is 268 g/mol. The number of carbonyl (C=O) groups excluding carboxylic acids is 2. The monoisotopic (exact) mass is 290 g/mol. The molecule has 0 heterocycles. The smallest absolute Gasteiger partial charge is 0.244 e. The van der Waals surface area contributed by atoms with E-state index in [1.807, 2.05) is 32.0 Å². The minimum Gasteiger partial charge on any atom is -0.489 e. The first kappa shape index (κ1) is 15.4. The van der Waals surface area contributed by atoms with Gasteiger partial charge in [0.1, 0.15) is 12.3 Å². The van der Waals surface area contributed by atoms with E-state index < -0.39 is 0 Å². The third-order valence-electron chi connectivity index (χ3n) is 3.23. The summed E-state index contributed by atoms with van der Waals surface area (Å²) in [5.74, 6) is 0.387. The molecule has 0 radical (unpaired) electrons. The molecular formula is C16H22N2O3. The van der Waals surface area contributed by atoms with Gasteiger partial charge in [0.25, 0.3) is 0 Å². The van der Waals surface area contributed by atoms with Crippen molar-refractivity contribution in [3.63, 3.8) is 0 Å². The van der Waals surface area contributed by atoms with Crippen LogP contribution in [0.5, 0.6) is 5.75 Å². The highest BCUT2D eigenvalue weighted by Crippen LogP contribution is 2.28. The van der Waals surface area contributed by atoms with Gasteiger partial charge in [-0.05, 0) is 38.8 Å². The molecule has 0 aromatic heterocycles. The van der Waals surface area contributed by atoms with Gasteiger partial charge in [0.2, 0.25) is 11.8 Å². The van der Waals surface area contributed by atoms with Gasteiger partial charge in [0, 0.05) is 13.0 Å². The van der Waals surface area contributed by atoms with Crippen molar-refractivity contribution in [2.45, 2.75) is 45.8 Å². The van der Waals surface area contributed by atoms with Crippen LogP contribution in [-0.4, -0.2) is 35.4 Å². The molecule has 114 valence electrons. The van der Waals surface area contributed by atoms with Crippen LogP contribution in [0.1, 0.15) is 33.6 Å². The van der Waals surface area contributed by atoms with E-state index in [9.17, 15) is 9.59 Å². The van der Waals surface area contributed by atoms with Gasteiger partial charge in [-0.25, -0.2) is 0 Å². The van der Waals surface area contributed by atoms with Crippen LogP contribution in [0.25, 0.3) is 0 Å². The Morgan fingerprint density at radius 3 is 2.57 bits per heavy atom. The summed E-state index contributed by atoms with van der Waals surface area (Å²) in [7, 11) is 0. The number of anilines is 1. The zero-order valence-electron chi connectivity index (χ0n) is 12.8. The number of nitrogens with one attached hydrogen (secondary N) is 1. The predicted molar refractivity (Wildman–Crippen MR) is 81.2 cm³/mol. The Morgan fingerprint density at radius 1 is 1.33 bits per heavy atom. The number of rotatable bonds is 6. The lowest BCUT2D eigenvalue weighted by atomic mass is 10.2. The van der Waals surface area contributed by atoms with Crippen LogP contribution in [-0.2, 0) is 9.59 Å². The van der Waals surface area contributed by atoms with Crippen LogP contribution >= 0.6 is 0 Å². The number of nitrogens with zero attached hydrogens (tertiary/aromatic N) is 1. The standard InChI is InChI=1S/C16H22N2O3/c1-11(2)21-15-7-5-4-6-14(15)17-16(20)10-18(12(3)19)13-8-9-13/h4-7,11,13H,8-10H2,1-3H3,(H,17,20). The SMILES string of the molecule is CC(=O)N(CC(=O)Nc1ccccc1OC(C)C)C1CC1. The maximum absolute atomic E-state index is 12.1. The Bertz CT molecular complexity index is 524. The van der Waals surface area contributed by atoms with Crippen LogP contribution in [0.15, 0.2) is 24.3 Å². The lowest BCUT2D eigenvalue weighted by Gasteiger charge is -2.20. The van der Waals surface area contributed by atoms with Crippen LogP contribution < -0.4 is 10.1 Å². The summed E-state index contributed by atoms with van der Waals surface area (Å²) in [5, 5.41) is 2.83. The average Bonchev–Trinajstić information content (AvgIpc) is 3.21. The molecule has 0 bridgehead atoms. The molecule has 0 atom stereocenters. The fourth-order valence-electron chi connectivity index (χ4n) is 2.15. The summed E-state index contributed by atoms with van der Waals surface area (Å²) >= 11 is 0. The molecule has 0 saturated heterocycles. The van der Waals surface area contributed by atoms with E-state index in [4.69, 9.17) is 4.74 Å². The first-order valence-electron chi connectivity index (χ1n) is 7.30. The van der Waals surface area contributed by atoms with Gasteiger partial charge < -0.3 is 15.0 Å². The second-order valence-corrected chi connectivity index (χ2v) is 5.59. The summed E-state index contributed by atoms with van der Waals surface area (Å²) in [4.78, 5) is 25.3. The highest BCUT2D eigenvalue weighted by Gasteiger charge is 2.32. The largest absolute Gasteiger partial charge is 0.489 e. The number of hydrogen-bond acceptors (Lipinski definition) is 3. The Kier molecular flexibility index (Phi) is 4.83. The van der Waals surface area contributed by atoms with E-state index in [0.29, 0.717) is 11.4 Å². The third-order valence-corrected chi connectivity index (χ3v) is 3.23. The fraction of sp³-hybridized carbons (Fsp3) is 0.500. The summed E-state index contributed by atoms with van der Waals surface area (Å²) in [6.45, 7) is 5.46. The molecule has 21 heavy (non-hydrogen) atoms. The van der Waals surface area contributed by atoms with Gasteiger partial charge in [-0.2, -0.15) is 0 Å². The van der Waals surface area contributed by atoms with Gasteiger partial charge in [0.15, 0.2) is 0 Å². The van der Waals surface area contributed by atoms with Gasteiger partial charge in [-0.1, -0.05) is 12.1 Å². The minimum atomic E-state index is -0.197. The number of amides is 2. The fourth-order valence-corrected chi connectivity index (χ4v) is 2.15. The van der Waals surface area contributed by atoms with Gasteiger partial charge in [0.05, 0.1) is 11.8 Å². The van der Waals surface area contributed by atoms with Crippen molar-refractivity contribution in [3.05, 3.63) is 24.3 Å². The molecule has 5 nitrogen and oxygen atoms in total. The lowest BCUT2D eigenvalue weighted by Crippen LogP contribution is -2.38. The molecule has 0 unspecified atom stereocenters. The van der Waals surface area contributed by atoms with Crippen LogP contribution in [0, 0.1) is 0 Å². The zero-order valence-corrected chi connectivity index (χ0v) is 12.8. The zero-order chi connectivity index (χ0) is 15.4. The molecule has 2 amide bonds. The highest BCUT2D eigenvalue weighted by atomic mass is 16.5. The van der Waals surface area contributed by atoms with Crippen molar-refractivity contribution in [1.29, 1.82) is 0 Å². The molecule has 1 aliphatic carbocycles. The molecule has 1 aromatic carbocycles. The Balaban J connectivity index is 2.00. The molecule has 1 N–H and O–H groups in total. The molecule has 1 aromatic rings. The molecule has 2 rings (SSSR count). The number of ether oxygens (including phenoxy) is 1. The average molecular weight is 290 g/mol. The molecule has 5 heteroatoms. The summed E-state index contributed by atoms with van der Waals surface area (Å²) in [6, 6.07) is 7.55.